The molecule has 1 amide bonds. The van der Waals surface area contributed by atoms with Gasteiger partial charge >= 0.3 is 0 Å². The van der Waals surface area contributed by atoms with Crippen molar-refractivity contribution >= 4 is 18.3 Å². The number of ether oxygens (including phenoxy) is 1. The Morgan fingerprint density at radius 3 is 2.45 bits per heavy atom. The zero-order chi connectivity index (χ0) is 15.2. The van der Waals surface area contributed by atoms with E-state index in [4.69, 9.17) is 14.9 Å². The Labute approximate surface area is 136 Å². The Hall–Kier alpha value is -1.82. The van der Waals surface area contributed by atoms with E-state index in [1.54, 1.807) is 19.2 Å². The van der Waals surface area contributed by atoms with E-state index in [1.807, 2.05) is 31.2 Å². The topological polar surface area (TPSA) is 77.5 Å². The lowest BCUT2D eigenvalue weighted by Crippen LogP contribution is -2.31. The lowest BCUT2D eigenvalue weighted by molar-refractivity contribution is 0.0882. The largest absolute Gasteiger partial charge is 0.464 e. The SMILES string of the molecule is COCC(NC(=O)c1ccc(CN)cc1)c1ccc(C)o1.Cl. The van der Waals surface area contributed by atoms with Crippen molar-refractivity contribution in [2.24, 2.45) is 5.73 Å². The second-order valence-corrected chi connectivity index (χ2v) is 4.83. The predicted octanol–water partition coefficient (Wildman–Crippen LogP) is 2.59. The van der Waals surface area contributed by atoms with Gasteiger partial charge in [0.1, 0.15) is 17.6 Å². The van der Waals surface area contributed by atoms with Crippen molar-refractivity contribution in [3.8, 4) is 0 Å². The predicted molar refractivity (Wildman–Crippen MR) is 87.1 cm³/mol. The van der Waals surface area contributed by atoms with Crippen molar-refractivity contribution in [1.29, 1.82) is 0 Å². The first-order valence-electron chi connectivity index (χ1n) is 6.79. The van der Waals surface area contributed by atoms with Crippen molar-refractivity contribution in [1.82, 2.24) is 5.32 Å². The van der Waals surface area contributed by atoms with Crippen LogP contribution in [0.2, 0.25) is 0 Å². The maximum Gasteiger partial charge on any atom is 0.251 e. The van der Waals surface area contributed by atoms with Gasteiger partial charge in [-0.3, -0.25) is 4.79 Å². The highest BCUT2D eigenvalue weighted by Crippen LogP contribution is 2.17. The van der Waals surface area contributed by atoms with Crippen LogP contribution in [-0.4, -0.2) is 19.6 Å². The fourth-order valence-corrected chi connectivity index (χ4v) is 2.04. The standard InChI is InChI=1S/C16H20N2O3.ClH/c1-11-3-8-15(21-11)14(10-20-2)18-16(19)13-6-4-12(9-17)5-7-13;/h3-8,14H,9-10,17H2,1-2H3,(H,18,19);1H. The van der Waals surface area contributed by atoms with Gasteiger partial charge in [-0.2, -0.15) is 0 Å². The van der Waals surface area contributed by atoms with Crippen LogP contribution in [-0.2, 0) is 11.3 Å². The van der Waals surface area contributed by atoms with Gasteiger partial charge in [-0.05, 0) is 36.8 Å². The zero-order valence-corrected chi connectivity index (χ0v) is 13.5. The van der Waals surface area contributed by atoms with Crippen LogP contribution in [0.15, 0.2) is 40.8 Å². The number of rotatable bonds is 6. The Kier molecular flexibility index (Phi) is 7.11. The molecule has 0 bridgehead atoms. The molecular weight excluding hydrogens is 304 g/mol. The number of furan rings is 1. The summed E-state index contributed by atoms with van der Waals surface area (Å²) < 4.78 is 10.7. The molecule has 0 aliphatic carbocycles. The van der Waals surface area contributed by atoms with E-state index >= 15 is 0 Å². The summed E-state index contributed by atoms with van der Waals surface area (Å²) in [5, 5.41) is 2.91. The molecule has 0 spiro atoms. The van der Waals surface area contributed by atoms with E-state index in [0.29, 0.717) is 24.5 Å². The number of carbonyl (C=O) groups is 1. The van der Waals surface area contributed by atoms with Gasteiger partial charge in [0.2, 0.25) is 0 Å². The molecule has 1 unspecified atom stereocenters. The molecule has 1 aromatic heterocycles. The van der Waals surface area contributed by atoms with Crippen molar-refractivity contribution in [2.75, 3.05) is 13.7 Å². The van der Waals surface area contributed by atoms with Crippen LogP contribution < -0.4 is 11.1 Å². The summed E-state index contributed by atoms with van der Waals surface area (Å²) in [6.45, 7) is 2.67. The third-order valence-corrected chi connectivity index (χ3v) is 3.20. The summed E-state index contributed by atoms with van der Waals surface area (Å²) in [5.41, 5.74) is 7.11. The molecule has 2 aromatic rings. The molecule has 1 heterocycles. The molecule has 1 atom stereocenters. The molecule has 5 nitrogen and oxygen atoms in total. The van der Waals surface area contributed by atoms with Gasteiger partial charge in [0.05, 0.1) is 6.61 Å². The lowest BCUT2D eigenvalue weighted by Gasteiger charge is -2.16. The van der Waals surface area contributed by atoms with Gasteiger partial charge in [-0.15, -0.1) is 12.4 Å². The first-order valence-corrected chi connectivity index (χ1v) is 6.79. The van der Waals surface area contributed by atoms with Crippen molar-refractivity contribution < 1.29 is 13.9 Å². The monoisotopic (exact) mass is 324 g/mol. The highest BCUT2D eigenvalue weighted by molar-refractivity contribution is 5.94. The Morgan fingerprint density at radius 2 is 1.95 bits per heavy atom. The van der Waals surface area contributed by atoms with Gasteiger partial charge in [0, 0.05) is 19.2 Å². The first-order chi connectivity index (χ1) is 10.1. The molecule has 3 N–H and O–H groups in total. The van der Waals surface area contributed by atoms with Gasteiger partial charge < -0.3 is 20.2 Å². The maximum atomic E-state index is 12.3. The number of carbonyl (C=O) groups excluding carboxylic acids is 1. The number of nitrogens with two attached hydrogens (primary N) is 1. The number of amides is 1. The van der Waals surface area contributed by atoms with Crippen molar-refractivity contribution in [3.63, 3.8) is 0 Å². The van der Waals surface area contributed by atoms with Gasteiger partial charge in [0.15, 0.2) is 0 Å². The van der Waals surface area contributed by atoms with E-state index < -0.39 is 0 Å². The third kappa shape index (κ3) is 4.59. The number of benzene rings is 1. The van der Waals surface area contributed by atoms with Crippen LogP contribution in [0.4, 0.5) is 0 Å². The molecule has 22 heavy (non-hydrogen) atoms. The molecule has 0 radical (unpaired) electrons. The van der Waals surface area contributed by atoms with Crippen molar-refractivity contribution in [2.45, 2.75) is 19.5 Å². The second kappa shape index (κ2) is 8.58. The van der Waals surface area contributed by atoms with Crippen molar-refractivity contribution in [3.05, 3.63) is 59.0 Å². The van der Waals surface area contributed by atoms with E-state index in [1.165, 1.54) is 0 Å². The summed E-state index contributed by atoms with van der Waals surface area (Å²) in [5.74, 6) is 1.31. The zero-order valence-electron chi connectivity index (χ0n) is 12.7. The number of hydrogen-bond donors (Lipinski definition) is 2. The van der Waals surface area contributed by atoms with E-state index in [0.717, 1.165) is 11.3 Å². The van der Waals surface area contributed by atoms with Crippen LogP contribution in [0.25, 0.3) is 0 Å². The first kappa shape index (κ1) is 18.2. The highest BCUT2D eigenvalue weighted by atomic mass is 35.5. The summed E-state index contributed by atoms with van der Waals surface area (Å²) >= 11 is 0. The minimum absolute atomic E-state index is 0. The molecule has 0 saturated carbocycles. The number of nitrogens with one attached hydrogen (secondary N) is 1. The average Bonchev–Trinajstić information content (AvgIpc) is 2.93. The maximum absolute atomic E-state index is 12.3. The fourth-order valence-electron chi connectivity index (χ4n) is 2.04. The summed E-state index contributed by atoms with van der Waals surface area (Å²) in [6.07, 6.45) is 0. The third-order valence-electron chi connectivity index (χ3n) is 3.20. The van der Waals surface area contributed by atoms with Gasteiger partial charge in [-0.1, -0.05) is 12.1 Å². The molecule has 0 fully saturated rings. The molecule has 0 aliphatic rings. The van der Waals surface area contributed by atoms with Crippen LogP contribution in [0.1, 0.15) is 33.5 Å². The van der Waals surface area contributed by atoms with E-state index in [2.05, 4.69) is 5.32 Å². The molecule has 2 rings (SSSR count). The second-order valence-electron chi connectivity index (χ2n) is 4.83. The summed E-state index contributed by atoms with van der Waals surface area (Å²) in [4.78, 5) is 12.3. The number of hydrogen-bond acceptors (Lipinski definition) is 4. The Balaban J connectivity index is 0.00000242. The van der Waals surface area contributed by atoms with Gasteiger partial charge in [0.25, 0.3) is 5.91 Å². The van der Waals surface area contributed by atoms with E-state index in [-0.39, 0.29) is 24.4 Å². The minimum Gasteiger partial charge on any atom is -0.464 e. The quantitative estimate of drug-likeness (QED) is 0.856. The van der Waals surface area contributed by atoms with Gasteiger partial charge in [-0.25, -0.2) is 0 Å². The molecule has 6 heteroatoms. The summed E-state index contributed by atoms with van der Waals surface area (Å²) in [6, 6.07) is 10.6. The molecule has 1 aromatic carbocycles. The highest BCUT2D eigenvalue weighted by Gasteiger charge is 2.18. The lowest BCUT2D eigenvalue weighted by atomic mass is 10.1. The van der Waals surface area contributed by atoms with Crippen LogP contribution in [0.3, 0.4) is 0 Å². The average molecular weight is 325 g/mol. The number of methoxy groups -OCH3 is 1. The Bertz CT molecular complexity index is 596. The van der Waals surface area contributed by atoms with Crippen LogP contribution in [0, 0.1) is 6.92 Å². The Morgan fingerprint density at radius 1 is 1.27 bits per heavy atom. The smallest absolute Gasteiger partial charge is 0.251 e. The molecular formula is C16H21ClN2O3. The fraction of sp³-hybridized carbons (Fsp3) is 0.312. The number of halogens is 1. The minimum atomic E-state index is -0.314. The molecule has 0 saturated heterocycles. The molecule has 120 valence electrons. The van der Waals surface area contributed by atoms with Crippen LogP contribution >= 0.6 is 12.4 Å². The van der Waals surface area contributed by atoms with E-state index in [9.17, 15) is 4.79 Å². The molecule has 0 aliphatic heterocycles. The van der Waals surface area contributed by atoms with Crippen LogP contribution in [0.5, 0.6) is 0 Å². The normalized spacial score (nSPS) is 11.6. The number of aryl methyl sites for hydroxylation is 1. The summed E-state index contributed by atoms with van der Waals surface area (Å²) in [7, 11) is 1.59.